The van der Waals surface area contributed by atoms with Crippen LogP contribution in [0.5, 0.6) is 5.75 Å². The molecule has 0 spiro atoms. The van der Waals surface area contributed by atoms with Gasteiger partial charge in [0, 0.05) is 52.6 Å². The van der Waals surface area contributed by atoms with Crippen LogP contribution in [0.3, 0.4) is 0 Å². The Labute approximate surface area is 284 Å². The number of aliphatic hydroxyl groups is 1. The summed E-state index contributed by atoms with van der Waals surface area (Å²) in [6.07, 6.45) is -5.41. The van der Waals surface area contributed by atoms with Crippen LogP contribution in [0.2, 0.25) is 0 Å². The molecule has 0 radical (unpaired) electrons. The predicted octanol–water partition coefficient (Wildman–Crippen LogP) is 8.03. The number of carbonyl (C=O) groups is 1. The summed E-state index contributed by atoms with van der Waals surface area (Å²) in [5.41, 5.74) is 18.2. The van der Waals surface area contributed by atoms with Crippen LogP contribution in [-0.4, -0.2) is 35.7 Å². The molecule has 5 rings (SSSR count). The summed E-state index contributed by atoms with van der Waals surface area (Å²) >= 11 is 0. The van der Waals surface area contributed by atoms with Gasteiger partial charge in [-0.1, -0.05) is 70.9 Å². The molecule has 1 aliphatic heterocycles. The van der Waals surface area contributed by atoms with Crippen molar-refractivity contribution in [1.82, 2.24) is 5.32 Å². The van der Waals surface area contributed by atoms with Crippen molar-refractivity contribution in [1.29, 1.82) is 0 Å². The van der Waals surface area contributed by atoms with Gasteiger partial charge in [0.05, 0.1) is 18.7 Å². The second kappa shape index (κ2) is 15.9. The number of hydrogen-bond donors (Lipinski definition) is 2. The van der Waals surface area contributed by atoms with Gasteiger partial charge in [-0.05, 0) is 64.2 Å². The van der Waals surface area contributed by atoms with Crippen molar-refractivity contribution in [2.24, 2.45) is 15.2 Å². The van der Waals surface area contributed by atoms with E-state index in [1.165, 1.54) is 12.1 Å². The third kappa shape index (κ3) is 8.16. The molecule has 2 atom stereocenters. The second-order valence-electron chi connectivity index (χ2n) is 11.3. The number of hydrogen-bond acceptors (Lipinski definition) is 7. The van der Waals surface area contributed by atoms with E-state index < -0.39 is 29.3 Å². The molecule has 0 unspecified atom stereocenters. The first-order valence-electron chi connectivity index (χ1n) is 15.4. The minimum Gasteiger partial charge on any atom is -0.494 e. The Kier molecular flexibility index (Phi) is 11.2. The van der Waals surface area contributed by atoms with E-state index in [9.17, 15) is 23.5 Å². The van der Waals surface area contributed by atoms with E-state index in [0.717, 1.165) is 12.1 Å². The van der Waals surface area contributed by atoms with Gasteiger partial charge in [0.25, 0.3) is 5.91 Å². The van der Waals surface area contributed by atoms with Gasteiger partial charge in [-0.25, -0.2) is 4.99 Å². The normalized spacial score (nSPS) is 16.7. The van der Waals surface area contributed by atoms with Crippen molar-refractivity contribution < 1.29 is 32.5 Å². The van der Waals surface area contributed by atoms with E-state index in [2.05, 4.69) is 25.4 Å². The zero-order valence-corrected chi connectivity index (χ0v) is 26.5. The lowest BCUT2D eigenvalue weighted by Crippen LogP contribution is -2.49. The highest BCUT2D eigenvalue weighted by Gasteiger charge is 2.54. The van der Waals surface area contributed by atoms with Crippen molar-refractivity contribution in [2.75, 3.05) is 13.2 Å². The molecular weight excluding hydrogens is 653 g/mol. The van der Waals surface area contributed by atoms with Gasteiger partial charge in [0.15, 0.2) is 11.6 Å². The molecule has 0 fully saturated rings. The number of amides is 1. The number of aliphatic imine (C=N–C) groups is 1. The van der Waals surface area contributed by atoms with Gasteiger partial charge < -0.3 is 19.9 Å². The summed E-state index contributed by atoms with van der Waals surface area (Å²) in [5, 5.41) is 19.4. The number of nitrogens with one attached hydrogen (secondary N) is 1. The second-order valence-corrected chi connectivity index (χ2v) is 11.3. The maximum atomic E-state index is 14.6. The fraction of sp³-hybridized carbons (Fsp3) is 0.257. The van der Waals surface area contributed by atoms with Crippen molar-refractivity contribution in [2.45, 2.75) is 43.8 Å². The average molecular weight is 685 g/mol. The lowest BCUT2D eigenvalue weighted by Gasteiger charge is -2.32. The summed E-state index contributed by atoms with van der Waals surface area (Å²) in [7, 11) is 0. The van der Waals surface area contributed by atoms with E-state index in [1.54, 1.807) is 72.8 Å². The molecule has 4 aromatic rings. The quantitative estimate of drug-likeness (QED) is 0.0591. The largest absolute Gasteiger partial charge is 0.494 e. The minimum atomic E-state index is -4.58. The zero-order valence-electron chi connectivity index (χ0n) is 26.5. The average Bonchev–Trinajstić information content (AvgIpc) is 3.51. The van der Waals surface area contributed by atoms with Crippen molar-refractivity contribution in [3.63, 3.8) is 0 Å². The fourth-order valence-electron chi connectivity index (χ4n) is 5.58. The van der Waals surface area contributed by atoms with Gasteiger partial charge in [0.1, 0.15) is 5.75 Å². The summed E-state index contributed by atoms with van der Waals surface area (Å²) < 4.78 is 52.6. The number of azide groups is 2. The number of nitrogens with zero attached hydrogens (tertiary/aromatic N) is 7. The topological polar surface area (TPSA) is 178 Å². The molecule has 0 saturated carbocycles. The Morgan fingerprint density at radius 3 is 2.44 bits per heavy atom. The standard InChI is InChI=1S/C35H31F3N8O4/c36-35(37,38)27-10-5-7-23(19-27)21-41-33(48)34(20-25-8-1-2-9-26(25)22-42-45-39)31(29-11-3-4-12-30(29)44-46-40)50-32(43-34)24-13-15-28(16-14-24)49-18-6-17-47/h1-5,7-16,19,31,47H,6,17-18,20-22H2,(H,41,48)/t31-,34-/m1/s1. The van der Waals surface area contributed by atoms with E-state index in [4.69, 9.17) is 25.1 Å². The summed E-state index contributed by atoms with van der Waals surface area (Å²) in [6, 6.07) is 24.9. The van der Waals surface area contributed by atoms with Crippen LogP contribution in [0.15, 0.2) is 112 Å². The highest BCUT2D eigenvalue weighted by atomic mass is 19.4. The smallest absolute Gasteiger partial charge is 0.416 e. The molecule has 1 amide bonds. The molecule has 50 heavy (non-hydrogen) atoms. The van der Waals surface area contributed by atoms with E-state index >= 15 is 0 Å². The van der Waals surface area contributed by atoms with Crippen molar-refractivity contribution >= 4 is 17.5 Å². The van der Waals surface area contributed by atoms with Crippen LogP contribution in [0.1, 0.15) is 45.9 Å². The fourth-order valence-corrected chi connectivity index (χ4v) is 5.58. The van der Waals surface area contributed by atoms with Gasteiger partial charge in [-0.2, -0.15) is 13.2 Å². The first kappa shape index (κ1) is 35.3. The molecule has 0 aliphatic carbocycles. The van der Waals surface area contributed by atoms with Gasteiger partial charge >= 0.3 is 6.18 Å². The Bertz CT molecular complexity index is 1960. The molecule has 0 bridgehead atoms. The van der Waals surface area contributed by atoms with Crippen LogP contribution in [0.4, 0.5) is 18.9 Å². The highest BCUT2D eigenvalue weighted by Crippen LogP contribution is 2.46. The zero-order chi connectivity index (χ0) is 35.6. The van der Waals surface area contributed by atoms with E-state index in [1.807, 2.05) is 0 Å². The number of halogens is 3. The molecule has 256 valence electrons. The summed E-state index contributed by atoms with van der Waals surface area (Å²) in [6.45, 7) is -0.00853. The van der Waals surface area contributed by atoms with Crippen LogP contribution in [-0.2, 0) is 35.2 Å². The Balaban J connectivity index is 1.64. The van der Waals surface area contributed by atoms with Crippen LogP contribution in [0, 0.1) is 0 Å². The summed E-state index contributed by atoms with van der Waals surface area (Å²) in [5.74, 6) is -0.0642. The number of rotatable bonds is 14. The van der Waals surface area contributed by atoms with Crippen LogP contribution < -0.4 is 10.1 Å². The Hall–Kier alpha value is -6.01. The molecule has 2 N–H and O–H groups in total. The Morgan fingerprint density at radius 1 is 0.980 bits per heavy atom. The molecule has 4 aromatic carbocycles. The third-order valence-electron chi connectivity index (χ3n) is 7.99. The maximum absolute atomic E-state index is 14.6. The lowest BCUT2D eigenvalue weighted by molar-refractivity contribution is -0.137. The number of benzene rings is 4. The lowest BCUT2D eigenvalue weighted by atomic mass is 9.80. The van der Waals surface area contributed by atoms with E-state index in [-0.39, 0.29) is 43.3 Å². The monoisotopic (exact) mass is 684 g/mol. The molecule has 1 heterocycles. The Morgan fingerprint density at radius 2 is 1.72 bits per heavy atom. The number of ether oxygens (including phenoxy) is 2. The molecular formula is C35H31F3N8O4. The minimum absolute atomic E-state index is 0.0225. The highest BCUT2D eigenvalue weighted by molar-refractivity contribution is 6.01. The first-order chi connectivity index (χ1) is 24.2. The number of alkyl halides is 3. The first-order valence-corrected chi connectivity index (χ1v) is 15.4. The molecule has 15 heteroatoms. The van der Waals surface area contributed by atoms with Gasteiger partial charge in [-0.15, -0.1) is 0 Å². The van der Waals surface area contributed by atoms with E-state index in [0.29, 0.717) is 41.0 Å². The molecule has 0 aromatic heterocycles. The predicted molar refractivity (Wildman–Crippen MR) is 178 cm³/mol. The molecule has 0 saturated heterocycles. The van der Waals surface area contributed by atoms with Crippen LogP contribution >= 0.6 is 0 Å². The number of carbonyl (C=O) groups excluding carboxylic acids is 1. The SMILES string of the molecule is [N-]=[N+]=NCc1ccccc1C[C@@]1(C(=O)NCc2cccc(C(F)(F)F)c2)N=C(c2ccc(OCCCO)cc2)O[C@@H]1c1ccccc1N=[N+]=[N-]. The van der Waals surface area contributed by atoms with Gasteiger partial charge in [-0.3, -0.25) is 4.79 Å². The van der Waals surface area contributed by atoms with Gasteiger partial charge in [0.2, 0.25) is 5.90 Å². The molecule has 1 aliphatic rings. The van der Waals surface area contributed by atoms with Crippen molar-refractivity contribution in [3.05, 3.63) is 151 Å². The number of aliphatic hydroxyl groups excluding tert-OH is 1. The van der Waals surface area contributed by atoms with Crippen LogP contribution in [0.25, 0.3) is 20.9 Å². The third-order valence-corrected chi connectivity index (χ3v) is 7.99. The maximum Gasteiger partial charge on any atom is 0.416 e. The summed E-state index contributed by atoms with van der Waals surface area (Å²) in [4.78, 5) is 25.4. The van der Waals surface area contributed by atoms with Crippen molar-refractivity contribution in [3.8, 4) is 5.75 Å². The molecule has 12 nitrogen and oxygen atoms in total.